The number of hydrogen-bond donors (Lipinski definition) is 2. The van der Waals surface area contributed by atoms with E-state index in [1.54, 1.807) is 7.11 Å². The number of rotatable bonds is 5. The van der Waals surface area contributed by atoms with Gasteiger partial charge < -0.3 is 20.7 Å². The van der Waals surface area contributed by atoms with Gasteiger partial charge in [0.1, 0.15) is 5.75 Å². The fraction of sp³-hybridized carbons (Fsp3) is 0.600. The van der Waals surface area contributed by atoms with Gasteiger partial charge >= 0.3 is 0 Å². The highest BCUT2D eigenvalue weighted by molar-refractivity contribution is 5.68. The summed E-state index contributed by atoms with van der Waals surface area (Å²) in [6.07, 6.45) is 1.27. The second-order valence-corrected chi connectivity index (χ2v) is 5.58. The summed E-state index contributed by atoms with van der Waals surface area (Å²) in [6.45, 7) is 7.90. The van der Waals surface area contributed by atoms with Crippen LogP contribution in [0, 0.1) is 5.92 Å². The number of methoxy groups -OCH3 is 1. The van der Waals surface area contributed by atoms with Crippen LogP contribution >= 0.6 is 0 Å². The molecular weight excluding hydrogens is 238 g/mol. The number of ether oxygens (including phenoxy) is 1. The average molecular weight is 263 g/mol. The predicted octanol–water partition coefficient (Wildman–Crippen LogP) is 2.42. The smallest absolute Gasteiger partial charge is 0.121 e. The molecule has 1 aromatic rings. The molecule has 2 rings (SSSR count). The molecule has 1 aliphatic heterocycles. The lowest BCUT2D eigenvalue weighted by Crippen LogP contribution is -2.29. The van der Waals surface area contributed by atoms with E-state index in [0.29, 0.717) is 12.0 Å². The SMILES string of the molecule is COc1ccc(NCC2CCN(C(C)C)C2)c(N)c1. The molecule has 1 atom stereocenters. The van der Waals surface area contributed by atoms with Crippen molar-refractivity contribution in [2.75, 3.05) is 37.8 Å². The number of benzene rings is 1. The van der Waals surface area contributed by atoms with Gasteiger partial charge in [0.2, 0.25) is 0 Å². The zero-order valence-corrected chi connectivity index (χ0v) is 12.1. The summed E-state index contributed by atoms with van der Waals surface area (Å²) in [5.41, 5.74) is 7.76. The summed E-state index contributed by atoms with van der Waals surface area (Å²) in [5, 5.41) is 3.46. The Morgan fingerprint density at radius 1 is 1.47 bits per heavy atom. The molecule has 0 aromatic heterocycles. The Kier molecular flexibility index (Phi) is 4.53. The highest BCUT2D eigenvalue weighted by atomic mass is 16.5. The van der Waals surface area contributed by atoms with Crippen molar-refractivity contribution in [2.24, 2.45) is 5.92 Å². The molecule has 3 N–H and O–H groups in total. The van der Waals surface area contributed by atoms with Gasteiger partial charge in [0, 0.05) is 25.2 Å². The van der Waals surface area contributed by atoms with Crippen LogP contribution in [0.4, 0.5) is 11.4 Å². The maximum Gasteiger partial charge on any atom is 0.121 e. The van der Waals surface area contributed by atoms with Crippen LogP contribution in [0.3, 0.4) is 0 Å². The highest BCUT2D eigenvalue weighted by Gasteiger charge is 2.23. The summed E-state index contributed by atoms with van der Waals surface area (Å²) in [4.78, 5) is 2.53. The van der Waals surface area contributed by atoms with Crippen molar-refractivity contribution in [3.8, 4) is 5.75 Å². The van der Waals surface area contributed by atoms with Gasteiger partial charge in [-0.3, -0.25) is 0 Å². The van der Waals surface area contributed by atoms with Gasteiger partial charge in [-0.25, -0.2) is 0 Å². The van der Waals surface area contributed by atoms with Crippen LogP contribution in [-0.2, 0) is 0 Å². The van der Waals surface area contributed by atoms with Crippen LogP contribution in [0.5, 0.6) is 5.75 Å². The van der Waals surface area contributed by atoms with E-state index in [1.165, 1.54) is 19.5 Å². The first-order valence-electron chi connectivity index (χ1n) is 7.01. The van der Waals surface area contributed by atoms with Gasteiger partial charge in [-0.1, -0.05) is 0 Å². The molecule has 4 nitrogen and oxygen atoms in total. The van der Waals surface area contributed by atoms with E-state index in [0.717, 1.165) is 23.7 Å². The monoisotopic (exact) mass is 263 g/mol. The second kappa shape index (κ2) is 6.15. The molecule has 1 aromatic carbocycles. The zero-order chi connectivity index (χ0) is 13.8. The van der Waals surface area contributed by atoms with Crippen molar-refractivity contribution in [2.45, 2.75) is 26.3 Å². The quantitative estimate of drug-likeness (QED) is 0.801. The summed E-state index contributed by atoms with van der Waals surface area (Å²) >= 11 is 0. The Balaban J connectivity index is 1.86. The van der Waals surface area contributed by atoms with E-state index in [9.17, 15) is 0 Å². The molecule has 0 saturated carbocycles. The standard InChI is InChI=1S/C15H25N3O/c1-11(2)18-7-6-12(10-18)9-17-15-5-4-13(19-3)8-14(15)16/h4-5,8,11-12,17H,6-7,9-10,16H2,1-3H3. The van der Waals surface area contributed by atoms with Crippen LogP contribution in [0.15, 0.2) is 18.2 Å². The third-order valence-electron chi connectivity index (χ3n) is 3.89. The molecule has 0 radical (unpaired) electrons. The number of likely N-dealkylation sites (tertiary alicyclic amines) is 1. The minimum Gasteiger partial charge on any atom is -0.497 e. The number of anilines is 2. The molecular formula is C15H25N3O. The average Bonchev–Trinajstić information content (AvgIpc) is 2.86. The lowest BCUT2D eigenvalue weighted by molar-refractivity contribution is 0.266. The number of nitrogens with one attached hydrogen (secondary N) is 1. The molecule has 0 spiro atoms. The van der Waals surface area contributed by atoms with Gasteiger partial charge in [-0.05, 0) is 44.9 Å². The summed E-state index contributed by atoms with van der Waals surface area (Å²) in [7, 11) is 1.65. The highest BCUT2D eigenvalue weighted by Crippen LogP contribution is 2.25. The first kappa shape index (κ1) is 14.0. The molecule has 1 heterocycles. The third kappa shape index (κ3) is 3.53. The first-order chi connectivity index (χ1) is 9.10. The number of nitrogens with two attached hydrogens (primary N) is 1. The minimum absolute atomic E-state index is 0.649. The minimum atomic E-state index is 0.649. The van der Waals surface area contributed by atoms with Crippen molar-refractivity contribution in [1.29, 1.82) is 0 Å². The summed E-state index contributed by atoms with van der Waals surface area (Å²) in [5.74, 6) is 1.51. The van der Waals surface area contributed by atoms with Crippen LogP contribution in [-0.4, -0.2) is 37.7 Å². The molecule has 106 valence electrons. The van der Waals surface area contributed by atoms with Gasteiger partial charge in [-0.2, -0.15) is 0 Å². The van der Waals surface area contributed by atoms with Crippen molar-refractivity contribution in [3.05, 3.63) is 18.2 Å². The van der Waals surface area contributed by atoms with E-state index in [2.05, 4.69) is 24.1 Å². The largest absolute Gasteiger partial charge is 0.497 e. The molecule has 0 bridgehead atoms. The van der Waals surface area contributed by atoms with Crippen molar-refractivity contribution < 1.29 is 4.74 Å². The van der Waals surface area contributed by atoms with Crippen LogP contribution < -0.4 is 15.8 Å². The molecule has 1 aliphatic rings. The fourth-order valence-corrected chi connectivity index (χ4v) is 2.58. The Hall–Kier alpha value is -1.42. The number of hydrogen-bond acceptors (Lipinski definition) is 4. The molecule has 4 heteroatoms. The Labute approximate surface area is 115 Å². The maximum atomic E-state index is 6.00. The molecule has 1 unspecified atom stereocenters. The lowest BCUT2D eigenvalue weighted by Gasteiger charge is -2.20. The predicted molar refractivity (Wildman–Crippen MR) is 80.7 cm³/mol. The second-order valence-electron chi connectivity index (χ2n) is 5.58. The third-order valence-corrected chi connectivity index (χ3v) is 3.89. The fourth-order valence-electron chi connectivity index (χ4n) is 2.58. The van der Waals surface area contributed by atoms with Crippen LogP contribution in [0.1, 0.15) is 20.3 Å². The van der Waals surface area contributed by atoms with Crippen molar-refractivity contribution in [3.63, 3.8) is 0 Å². The Morgan fingerprint density at radius 3 is 2.84 bits per heavy atom. The summed E-state index contributed by atoms with van der Waals surface area (Å²) < 4.78 is 5.15. The topological polar surface area (TPSA) is 50.5 Å². The number of nitrogens with zero attached hydrogens (tertiary/aromatic N) is 1. The van der Waals surface area contributed by atoms with Gasteiger partial charge in [0.15, 0.2) is 0 Å². The molecule has 19 heavy (non-hydrogen) atoms. The molecule has 0 amide bonds. The molecule has 1 saturated heterocycles. The van der Waals surface area contributed by atoms with Crippen LogP contribution in [0.25, 0.3) is 0 Å². The van der Waals surface area contributed by atoms with Gasteiger partial charge in [-0.15, -0.1) is 0 Å². The van der Waals surface area contributed by atoms with E-state index >= 15 is 0 Å². The van der Waals surface area contributed by atoms with Crippen molar-refractivity contribution in [1.82, 2.24) is 4.90 Å². The molecule has 0 aliphatic carbocycles. The Morgan fingerprint density at radius 2 is 2.26 bits per heavy atom. The van der Waals surface area contributed by atoms with E-state index in [1.807, 2.05) is 18.2 Å². The van der Waals surface area contributed by atoms with E-state index < -0.39 is 0 Å². The lowest BCUT2D eigenvalue weighted by atomic mass is 10.1. The van der Waals surface area contributed by atoms with Gasteiger partial charge in [0.25, 0.3) is 0 Å². The van der Waals surface area contributed by atoms with E-state index in [4.69, 9.17) is 10.5 Å². The first-order valence-corrected chi connectivity index (χ1v) is 7.01. The Bertz CT molecular complexity index is 420. The summed E-state index contributed by atoms with van der Waals surface area (Å²) in [6, 6.07) is 6.44. The number of nitrogen functional groups attached to an aromatic ring is 1. The zero-order valence-electron chi connectivity index (χ0n) is 12.1. The maximum absolute atomic E-state index is 6.00. The molecule has 1 fully saturated rings. The van der Waals surface area contributed by atoms with E-state index in [-0.39, 0.29) is 0 Å². The van der Waals surface area contributed by atoms with Gasteiger partial charge in [0.05, 0.1) is 18.5 Å². The van der Waals surface area contributed by atoms with Crippen LogP contribution in [0.2, 0.25) is 0 Å². The van der Waals surface area contributed by atoms with Crippen molar-refractivity contribution >= 4 is 11.4 Å². The normalized spacial score (nSPS) is 19.9.